The van der Waals surface area contributed by atoms with Crippen molar-refractivity contribution in [2.24, 2.45) is 17.4 Å². The average molecular weight is 518 g/mol. The normalized spacial score (nSPS) is 9.65. The first kappa shape index (κ1) is 38.0. The molecule has 2 aromatic rings. The fourth-order valence-corrected chi connectivity index (χ4v) is 3.01. The summed E-state index contributed by atoms with van der Waals surface area (Å²) < 4.78 is 0. The molecule has 0 spiro atoms. The van der Waals surface area contributed by atoms with Crippen molar-refractivity contribution in [1.29, 1.82) is 0 Å². The molecular formula is C29H47N3O5. The third-order valence-corrected chi connectivity index (χ3v) is 4.79. The van der Waals surface area contributed by atoms with Gasteiger partial charge in [0.2, 0.25) is 6.41 Å². The van der Waals surface area contributed by atoms with Gasteiger partial charge in [-0.1, -0.05) is 75.2 Å². The van der Waals surface area contributed by atoms with E-state index in [4.69, 9.17) is 15.3 Å². The van der Waals surface area contributed by atoms with Crippen LogP contribution in [-0.2, 0) is 25.6 Å². The van der Waals surface area contributed by atoms with Crippen molar-refractivity contribution in [2.45, 2.75) is 66.2 Å². The smallest absolute Gasteiger partial charge is 0.306 e. The van der Waals surface area contributed by atoms with Crippen LogP contribution in [0.1, 0.15) is 64.0 Å². The molecule has 0 bridgehead atoms. The topological polar surface area (TPSA) is 153 Å². The lowest BCUT2D eigenvalue weighted by atomic mass is 9.94. The van der Waals surface area contributed by atoms with Gasteiger partial charge in [-0.2, -0.15) is 0 Å². The van der Waals surface area contributed by atoms with Crippen molar-refractivity contribution >= 4 is 30.6 Å². The molecule has 0 saturated carbocycles. The number of carbonyl (C=O) groups excluding carboxylic acids is 3. The van der Waals surface area contributed by atoms with Gasteiger partial charge in [0.25, 0.3) is 0 Å². The average Bonchev–Trinajstić information content (AvgIpc) is 2.92. The summed E-state index contributed by atoms with van der Waals surface area (Å²) in [6.07, 6.45) is 5.03. The number of hydrogen-bond donors (Lipinski definition) is 4. The first-order valence-electron chi connectivity index (χ1n) is 12.6. The summed E-state index contributed by atoms with van der Waals surface area (Å²) in [5.41, 5.74) is 12.6. The zero-order valence-electron chi connectivity index (χ0n) is 22.9. The van der Waals surface area contributed by atoms with Gasteiger partial charge in [-0.15, -0.1) is 0 Å². The van der Waals surface area contributed by atoms with Gasteiger partial charge in [0, 0.05) is 18.7 Å². The number of Topliss-reactive ketones (excluding diaryl/α,β-unsaturated/α-hetero) is 1. The summed E-state index contributed by atoms with van der Waals surface area (Å²) in [4.78, 5) is 38.3. The fourth-order valence-electron chi connectivity index (χ4n) is 3.01. The van der Waals surface area contributed by atoms with E-state index < -0.39 is 5.97 Å². The van der Waals surface area contributed by atoms with Crippen LogP contribution in [0.25, 0.3) is 0 Å². The molecule has 0 fully saturated rings. The monoisotopic (exact) mass is 517 g/mol. The number of carbonyl (C=O) groups is 4. The molecule has 0 aliphatic rings. The van der Waals surface area contributed by atoms with Crippen LogP contribution in [0.3, 0.4) is 0 Å². The van der Waals surface area contributed by atoms with Gasteiger partial charge < -0.3 is 26.7 Å². The molecule has 8 nitrogen and oxygen atoms in total. The molecule has 208 valence electrons. The first-order chi connectivity index (χ1) is 17.9. The summed E-state index contributed by atoms with van der Waals surface area (Å²) in [6, 6.07) is 18.2. The second-order valence-electron chi connectivity index (χ2n) is 7.64. The Balaban J connectivity index is -0.000000690. The van der Waals surface area contributed by atoms with E-state index in [2.05, 4.69) is 11.1 Å². The van der Waals surface area contributed by atoms with E-state index in [1.807, 2.05) is 89.1 Å². The van der Waals surface area contributed by atoms with Gasteiger partial charge in [0.1, 0.15) is 12.6 Å². The van der Waals surface area contributed by atoms with Crippen molar-refractivity contribution in [3.05, 3.63) is 65.7 Å². The number of amides is 1. The van der Waals surface area contributed by atoms with Gasteiger partial charge in [-0.05, 0) is 50.3 Å². The lowest BCUT2D eigenvalue weighted by Crippen LogP contribution is -2.17. The number of aryl methyl sites for hydroxylation is 1. The third-order valence-electron chi connectivity index (χ3n) is 4.79. The maximum absolute atomic E-state index is 11.4. The van der Waals surface area contributed by atoms with Crippen LogP contribution in [-0.4, -0.2) is 43.1 Å². The van der Waals surface area contributed by atoms with Gasteiger partial charge in [-0.3, -0.25) is 14.4 Å². The fraction of sp³-hybridized carbons (Fsp3) is 0.448. The van der Waals surface area contributed by atoms with Gasteiger partial charge in [-0.25, -0.2) is 0 Å². The van der Waals surface area contributed by atoms with Crippen LogP contribution in [0, 0.1) is 12.8 Å². The molecule has 0 aromatic heterocycles. The summed E-state index contributed by atoms with van der Waals surface area (Å²) in [6.45, 7) is 11.1. The highest BCUT2D eigenvalue weighted by Crippen LogP contribution is 2.17. The zero-order valence-corrected chi connectivity index (χ0v) is 22.9. The van der Waals surface area contributed by atoms with Crippen LogP contribution >= 0.6 is 0 Å². The molecule has 2 aromatic carbocycles. The minimum Gasteiger partial charge on any atom is -0.481 e. The Morgan fingerprint density at radius 2 is 1.57 bits per heavy atom. The van der Waals surface area contributed by atoms with E-state index in [9.17, 15) is 14.7 Å². The molecule has 1 unspecified atom stereocenters. The second kappa shape index (κ2) is 28.7. The van der Waals surface area contributed by atoms with Crippen LogP contribution in [0.4, 0.5) is 5.69 Å². The van der Waals surface area contributed by atoms with Gasteiger partial charge in [0.05, 0.1) is 12.5 Å². The van der Waals surface area contributed by atoms with E-state index >= 15 is 0 Å². The number of benzene rings is 2. The number of anilines is 1. The molecule has 6 N–H and O–H groups in total. The quantitative estimate of drug-likeness (QED) is 0.233. The summed E-state index contributed by atoms with van der Waals surface area (Å²) >= 11 is 0. The number of primary amides is 1. The molecule has 0 saturated heterocycles. The number of nitrogens with two attached hydrogens (primary N) is 2. The minimum atomic E-state index is -0.693. The molecule has 2 rings (SSSR count). The Labute approximate surface area is 222 Å². The molecule has 0 heterocycles. The maximum atomic E-state index is 11.4. The summed E-state index contributed by atoms with van der Waals surface area (Å²) in [5.74, 6) is -0.835. The molecular weight excluding hydrogens is 470 g/mol. The number of carboxylic acids is 1. The van der Waals surface area contributed by atoms with Gasteiger partial charge >= 0.3 is 5.97 Å². The Kier molecular flexibility index (Phi) is 29.5. The van der Waals surface area contributed by atoms with Crippen LogP contribution in [0.5, 0.6) is 0 Å². The highest BCUT2D eigenvalue weighted by atomic mass is 16.4. The van der Waals surface area contributed by atoms with Crippen molar-refractivity contribution in [3.8, 4) is 0 Å². The number of hydrogen-bond acceptors (Lipinski definition) is 6. The Hall–Kier alpha value is -3.52. The number of ketones is 1. The number of carboxylic acid groups (broad SMARTS) is 1. The van der Waals surface area contributed by atoms with E-state index in [0.29, 0.717) is 12.8 Å². The predicted molar refractivity (Wildman–Crippen MR) is 152 cm³/mol. The van der Waals surface area contributed by atoms with E-state index in [0.717, 1.165) is 43.5 Å². The number of nitrogens with one attached hydrogen (secondary N) is 1. The summed E-state index contributed by atoms with van der Waals surface area (Å²) in [5, 5.41) is 12.8. The standard InChI is InChI=1S/C20H25NO2.C5H11NO.C2H6.CH3NO.CH2O/c1-16-10-12-17(13-11-16)15-18(20(22)23)7-5-6-14-21-19-8-3-2-4-9-19;1-2-3-5(7)4-6;1-2;2-1-3;1-2/h2-4,8-13,18,21H,5-7,14-15H2,1H3,(H,22,23);2-4,6H2,1H3;1-2H3;1H,(H2,2,3);1H2. The lowest BCUT2D eigenvalue weighted by molar-refractivity contribution is -0.142. The van der Waals surface area contributed by atoms with E-state index in [1.165, 1.54) is 5.56 Å². The maximum Gasteiger partial charge on any atom is 0.306 e. The SMILES string of the molecule is C=O.CC.CCCC(=O)CN.Cc1ccc(CC(CCCCNc2ccccc2)C(=O)O)cc1.NC=O. The van der Waals surface area contributed by atoms with Crippen molar-refractivity contribution in [2.75, 3.05) is 18.4 Å². The predicted octanol–water partition coefficient (Wildman–Crippen LogP) is 4.78. The Morgan fingerprint density at radius 1 is 1.03 bits per heavy atom. The van der Waals surface area contributed by atoms with Crippen molar-refractivity contribution < 1.29 is 24.3 Å². The molecule has 0 aliphatic heterocycles. The van der Waals surface area contributed by atoms with E-state index in [1.54, 1.807) is 0 Å². The van der Waals surface area contributed by atoms with Crippen molar-refractivity contribution in [3.63, 3.8) is 0 Å². The third kappa shape index (κ3) is 24.0. The van der Waals surface area contributed by atoms with Crippen LogP contribution in [0.15, 0.2) is 54.6 Å². The zero-order chi connectivity index (χ0) is 28.9. The van der Waals surface area contributed by atoms with Crippen LogP contribution in [0.2, 0.25) is 0 Å². The molecule has 37 heavy (non-hydrogen) atoms. The summed E-state index contributed by atoms with van der Waals surface area (Å²) in [7, 11) is 0. The molecule has 0 aliphatic carbocycles. The molecule has 1 atom stereocenters. The number of para-hydroxylation sites is 1. The van der Waals surface area contributed by atoms with Gasteiger partial charge in [0.15, 0.2) is 0 Å². The molecule has 1 amide bonds. The van der Waals surface area contributed by atoms with Crippen LogP contribution < -0.4 is 16.8 Å². The largest absolute Gasteiger partial charge is 0.481 e. The first-order valence-corrected chi connectivity index (χ1v) is 12.6. The second-order valence-corrected chi connectivity index (χ2v) is 7.64. The molecule has 8 heteroatoms. The van der Waals surface area contributed by atoms with E-state index in [-0.39, 0.29) is 24.7 Å². The minimum absolute atomic E-state index is 0.155. The van der Waals surface area contributed by atoms with Crippen molar-refractivity contribution in [1.82, 2.24) is 0 Å². The Bertz CT molecular complexity index is 799. The lowest BCUT2D eigenvalue weighted by Gasteiger charge is -2.13. The molecule has 0 radical (unpaired) electrons. The Morgan fingerprint density at radius 3 is 2.00 bits per heavy atom. The number of rotatable bonds is 12. The highest BCUT2D eigenvalue weighted by Gasteiger charge is 2.17. The number of aliphatic carboxylic acids is 1. The number of unbranched alkanes of at least 4 members (excludes halogenated alkanes) is 1. The highest BCUT2D eigenvalue weighted by molar-refractivity contribution is 5.80.